The molecule has 0 atom stereocenters. The molecule has 100 valence electrons. The number of carbonyl (C=O) groups is 1. The van der Waals surface area contributed by atoms with Crippen LogP contribution in [0.25, 0.3) is 11.1 Å². The third-order valence-corrected chi connectivity index (χ3v) is 3.68. The van der Waals surface area contributed by atoms with Crippen molar-refractivity contribution >= 4 is 17.1 Å². The summed E-state index contributed by atoms with van der Waals surface area (Å²) in [5, 5.41) is 8.85. The number of carboxylic acids is 1. The van der Waals surface area contributed by atoms with Gasteiger partial charge >= 0.3 is 5.97 Å². The topological polar surface area (TPSA) is 72.6 Å². The molecule has 1 N–H and O–H groups in total. The van der Waals surface area contributed by atoms with Gasteiger partial charge in [0.05, 0.1) is 13.2 Å². The molecule has 0 radical (unpaired) electrons. The van der Waals surface area contributed by atoms with Crippen LogP contribution >= 0.6 is 0 Å². The average molecular weight is 261 g/mol. The van der Waals surface area contributed by atoms with Crippen molar-refractivity contribution in [1.82, 2.24) is 4.98 Å². The summed E-state index contributed by atoms with van der Waals surface area (Å²) in [7, 11) is 0. The lowest BCUT2D eigenvalue weighted by atomic mass is 9.75. The number of aryl methyl sites for hydroxylation is 1. The summed E-state index contributed by atoms with van der Waals surface area (Å²) in [4.78, 5) is 15.1. The molecule has 1 aliphatic heterocycles. The van der Waals surface area contributed by atoms with Gasteiger partial charge in [-0.3, -0.25) is 4.79 Å². The fourth-order valence-electron chi connectivity index (χ4n) is 2.52. The Morgan fingerprint density at radius 1 is 1.47 bits per heavy atom. The molecule has 5 heteroatoms. The highest BCUT2D eigenvalue weighted by Gasteiger charge is 2.40. The molecule has 1 saturated heterocycles. The van der Waals surface area contributed by atoms with Gasteiger partial charge in [0.2, 0.25) is 0 Å². The SMILES string of the molecule is Cc1nc2cc(C3(CCC(=O)O)COC3)ccc2o1. The van der Waals surface area contributed by atoms with Crippen molar-refractivity contribution in [2.24, 2.45) is 0 Å². The van der Waals surface area contributed by atoms with E-state index in [4.69, 9.17) is 14.3 Å². The van der Waals surface area contributed by atoms with Crippen molar-refractivity contribution in [3.63, 3.8) is 0 Å². The minimum absolute atomic E-state index is 0.152. The molecule has 19 heavy (non-hydrogen) atoms. The molecular weight excluding hydrogens is 246 g/mol. The first-order chi connectivity index (χ1) is 9.09. The fourth-order valence-corrected chi connectivity index (χ4v) is 2.52. The molecule has 5 nitrogen and oxygen atoms in total. The Morgan fingerprint density at radius 2 is 2.26 bits per heavy atom. The summed E-state index contributed by atoms with van der Waals surface area (Å²) in [5.74, 6) is -0.138. The first-order valence-corrected chi connectivity index (χ1v) is 6.26. The minimum atomic E-state index is -0.773. The van der Waals surface area contributed by atoms with Gasteiger partial charge in [-0.2, -0.15) is 0 Å². The smallest absolute Gasteiger partial charge is 0.303 e. The van der Waals surface area contributed by atoms with Crippen LogP contribution in [0.1, 0.15) is 24.3 Å². The molecular formula is C14H15NO4. The maximum absolute atomic E-state index is 10.8. The summed E-state index contributed by atoms with van der Waals surface area (Å²) in [5.41, 5.74) is 2.48. The highest BCUT2D eigenvalue weighted by atomic mass is 16.5. The van der Waals surface area contributed by atoms with E-state index < -0.39 is 5.97 Å². The van der Waals surface area contributed by atoms with Gasteiger partial charge in [-0.1, -0.05) is 6.07 Å². The lowest BCUT2D eigenvalue weighted by Gasteiger charge is -2.41. The number of nitrogens with zero attached hydrogens (tertiary/aromatic N) is 1. The first-order valence-electron chi connectivity index (χ1n) is 6.26. The van der Waals surface area contributed by atoms with E-state index in [1.165, 1.54) is 0 Å². The Balaban J connectivity index is 1.94. The Morgan fingerprint density at radius 3 is 2.89 bits per heavy atom. The van der Waals surface area contributed by atoms with Crippen molar-refractivity contribution in [2.45, 2.75) is 25.2 Å². The number of benzene rings is 1. The van der Waals surface area contributed by atoms with Gasteiger partial charge < -0.3 is 14.3 Å². The van der Waals surface area contributed by atoms with Crippen LogP contribution in [0, 0.1) is 6.92 Å². The number of hydrogen-bond donors (Lipinski definition) is 1. The van der Waals surface area contributed by atoms with Crippen LogP contribution in [0.2, 0.25) is 0 Å². The Kier molecular flexibility index (Phi) is 2.78. The number of hydrogen-bond acceptors (Lipinski definition) is 4. The van der Waals surface area contributed by atoms with E-state index in [1.54, 1.807) is 0 Å². The highest BCUT2D eigenvalue weighted by Crippen LogP contribution is 2.38. The molecule has 0 bridgehead atoms. The Hall–Kier alpha value is -1.88. The van der Waals surface area contributed by atoms with Crippen molar-refractivity contribution in [1.29, 1.82) is 0 Å². The van der Waals surface area contributed by atoms with E-state index >= 15 is 0 Å². The normalized spacial score (nSPS) is 17.3. The molecule has 0 aliphatic carbocycles. The van der Waals surface area contributed by atoms with Crippen LogP contribution in [0.3, 0.4) is 0 Å². The molecule has 1 aromatic carbocycles. The quantitative estimate of drug-likeness (QED) is 0.914. The molecule has 0 amide bonds. The lowest BCUT2D eigenvalue weighted by Crippen LogP contribution is -2.47. The molecule has 0 unspecified atom stereocenters. The third-order valence-electron chi connectivity index (χ3n) is 3.68. The van der Waals surface area contributed by atoms with Gasteiger partial charge in [-0.05, 0) is 24.1 Å². The second-order valence-corrected chi connectivity index (χ2v) is 5.08. The summed E-state index contributed by atoms with van der Waals surface area (Å²) in [6.07, 6.45) is 0.740. The zero-order chi connectivity index (χ0) is 13.5. The van der Waals surface area contributed by atoms with E-state index in [2.05, 4.69) is 4.98 Å². The van der Waals surface area contributed by atoms with Gasteiger partial charge in [-0.15, -0.1) is 0 Å². The van der Waals surface area contributed by atoms with Crippen LogP contribution in [-0.2, 0) is 14.9 Å². The summed E-state index contributed by atoms with van der Waals surface area (Å²) in [6.45, 7) is 2.96. The predicted octanol–water partition coefficient (Wildman–Crippen LogP) is 2.27. The van der Waals surface area contributed by atoms with Gasteiger partial charge in [-0.25, -0.2) is 4.98 Å². The standard InChI is InChI=1S/C14H15NO4/c1-9-15-11-6-10(2-3-12(11)19-9)14(7-18-8-14)5-4-13(16)17/h2-3,6H,4-5,7-8H2,1H3,(H,16,17). The molecule has 0 saturated carbocycles. The molecule has 3 rings (SSSR count). The van der Waals surface area contributed by atoms with Crippen molar-refractivity contribution in [2.75, 3.05) is 13.2 Å². The van der Waals surface area contributed by atoms with Crippen LogP contribution in [0.5, 0.6) is 0 Å². The number of aliphatic carboxylic acids is 1. The molecule has 1 aromatic heterocycles. The third kappa shape index (κ3) is 2.10. The molecule has 1 aliphatic rings. The van der Waals surface area contributed by atoms with Crippen LogP contribution in [0.15, 0.2) is 22.6 Å². The predicted molar refractivity (Wildman–Crippen MR) is 68.1 cm³/mol. The highest BCUT2D eigenvalue weighted by molar-refractivity contribution is 5.74. The largest absolute Gasteiger partial charge is 0.481 e. The molecule has 2 aromatic rings. The number of oxazole rings is 1. The van der Waals surface area contributed by atoms with Gasteiger partial charge in [0, 0.05) is 18.8 Å². The van der Waals surface area contributed by atoms with Crippen molar-refractivity contribution < 1.29 is 19.1 Å². The van der Waals surface area contributed by atoms with Gasteiger partial charge in [0.1, 0.15) is 5.52 Å². The molecule has 2 heterocycles. The second kappa shape index (κ2) is 4.35. The molecule has 1 fully saturated rings. The molecule has 0 spiro atoms. The zero-order valence-electron chi connectivity index (χ0n) is 10.7. The zero-order valence-corrected chi connectivity index (χ0v) is 10.7. The van der Waals surface area contributed by atoms with E-state index in [9.17, 15) is 4.79 Å². The first kappa shape index (κ1) is 12.2. The Labute approximate surface area is 110 Å². The number of ether oxygens (including phenoxy) is 1. The van der Waals surface area contributed by atoms with Crippen molar-refractivity contribution in [3.8, 4) is 0 Å². The van der Waals surface area contributed by atoms with E-state index in [0.717, 1.165) is 16.7 Å². The number of rotatable bonds is 4. The van der Waals surface area contributed by atoms with E-state index in [-0.39, 0.29) is 11.8 Å². The Bertz CT molecular complexity index is 627. The van der Waals surface area contributed by atoms with Gasteiger partial charge in [0.15, 0.2) is 11.5 Å². The second-order valence-electron chi connectivity index (χ2n) is 5.08. The average Bonchev–Trinajstić information content (AvgIpc) is 2.66. The van der Waals surface area contributed by atoms with Gasteiger partial charge in [0.25, 0.3) is 0 Å². The number of fused-ring (bicyclic) bond motifs is 1. The summed E-state index contributed by atoms with van der Waals surface area (Å²) in [6, 6.07) is 5.86. The monoisotopic (exact) mass is 261 g/mol. The summed E-state index contributed by atoms with van der Waals surface area (Å²) < 4.78 is 10.8. The maximum atomic E-state index is 10.8. The lowest BCUT2D eigenvalue weighted by molar-refractivity contribution is -0.139. The van der Waals surface area contributed by atoms with E-state index in [1.807, 2.05) is 25.1 Å². The number of carboxylic acid groups (broad SMARTS) is 1. The number of aromatic nitrogens is 1. The maximum Gasteiger partial charge on any atom is 0.303 e. The fraction of sp³-hybridized carbons (Fsp3) is 0.429. The summed E-state index contributed by atoms with van der Waals surface area (Å²) >= 11 is 0. The van der Waals surface area contributed by atoms with Crippen molar-refractivity contribution in [3.05, 3.63) is 29.7 Å². The minimum Gasteiger partial charge on any atom is -0.481 e. The van der Waals surface area contributed by atoms with Crippen LogP contribution < -0.4 is 0 Å². The van der Waals surface area contributed by atoms with Crippen LogP contribution in [-0.4, -0.2) is 29.3 Å². The van der Waals surface area contributed by atoms with Crippen LogP contribution in [0.4, 0.5) is 0 Å². The van der Waals surface area contributed by atoms with E-state index in [0.29, 0.717) is 25.5 Å².